The fourth-order valence-electron chi connectivity index (χ4n) is 2.54. The topological polar surface area (TPSA) is 51.2 Å². The fourth-order valence-corrected chi connectivity index (χ4v) is 2.54. The van der Waals surface area contributed by atoms with Gasteiger partial charge in [-0.3, -0.25) is 4.79 Å². The fraction of sp³-hybridized carbons (Fsp3) is 0.0909. The molecule has 1 atom stereocenters. The first kappa shape index (κ1) is 19.2. The molecule has 1 amide bonds. The van der Waals surface area contributed by atoms with E-state index in [1.807, 2.05) is 25.1 Å². The number of halogens is 2. The van der Waals surface area contributed by atoms with Gasteiger partial charge in [0, 0.05) is 23.9 Å². The molecule has 4 nitrogen and oxygen atoms in total. The number of nitrogens with one attached hydrogen (secondary N) is 1. The molecule has 1 heterocycles. The molecule has 6 heteroatoms. The second kappa shape index (κ2) is 8.90. The van der Waals surface area contributed by atoms with Gasteiger partial charge in [-0.1, -0.05) is 30.3 Å². The number of amides is 1. The summed E-state index contributed by atoms with van der Waals surface area (Å²) in [5, 5.41) is 2.78. The lowest BCUT2D eigenvalue weighted by Gasteiger charge is -2.14. The molecule has 142 valence electrons. The number of rotatable bonds is 6. The largest absolute Gasteiger partial charge is 0.439 e. The Morgan fingerprint density at radius 1 is 1.11 bits per heavy atom. The molecule has 0 bridgehead atoms. The Labute approximate surface area is 161 Å². The first-order valence-corrected chi connectivity index (χ1v) is 8.64. The number of aromatic nitrogens is 1. The highest BCUT2D eigenvalue weighted by Gasteiger charge is 2.10. The SMILES string of the molecule is CC(NC(=O)/C=C/c1cccc(F)c1F)c1cccc(Oc2ccccn2)c1. The van der Waals surface area contributed by atoms with Crippen LogP contribution in [0.25, 0.3) is 6.08 Å². The predicted octanol–water partition coefficient (Wildman–Crippen LogP) is 5.04. The summed E-state index contributed by atoms with van der Waals surface area (Å²) < 4.78 is 32.5. The average molecular weight is 380 g/mol. The van der Waals surface area contributed by atoms with Crippen LogP contribution in [0.5, 0.6) is 11.6 Å². The molecule has 0 radical (unpaired) electrons. The van der Waals surface area contributed by atoms with E-state index in [1.54, 1.807) is 30.5 Å². The summed E-state index contributed by atoms with van der Waals surface area (Å²) in [6, 6.07) is 16.1. The van der Waals surface area contributed by atoms with Crippen molar-refractivity contribution >= 4 is 12.0 Å². The third-order valence-electron chi connectivity index (χ3n) is 3.97. The van der Waals surface area contributed by atoms with Gasteiger partial charge in [-0.25, -0.2) is 13.8 Å². The molecule has 3 aromatic rings. The first-order chi connectivity index (χ1) is 13.5. The van der Waals surface area contributed by atoms with Crippen LogP contribution in [-0.2, 0) is 4.79 Å². The van der Waals surface area contributed by atoms with Gasteiger partial charge in [-0.15, -0.1) is 0 Å². The number of hydrogen-bond donors (Lipinski definition) is 1. The van der Waals surface area contributed by atoms with E-state index in [2.05, 4.69) is 10.3 Å². The van der Waals surface area contributed by atoms with Crippen molar-refractivity contribution in [2.24, 2.45) is 0 Å². The summed E-state index contributed by atoms with van der Waals surface area (Å²) in [7, 11) is 0. The first-order valence-electron chi connectivity index (χ1n) is 8.64. The van der Waals surface area contributed by atoms with Gasteiger partial charge in [0.1, 0.15) is 5.75 Å². The van der Waals surface area contributed by atoms with Gasteiger partial charge in [0.25, 0.3) is 0 Å². The van der Waals surface area contributed by atoms with Gasteiger partial charge >= 0.3 is 0 Å². The van der Waals surface area contributed by atoms with Crippen molar-refractivity contribution in [3.63, 3.8) is 0 Å². The van der Waals surface area contributed by atoms with Gasteiger partial charge in [-0.05, 0) is 42.8 Å². The Hall–Kier alpha value is -3.54. The third kappa shape index (κ3) is 5.01. The summed E-state index contributed by atoms with van der Waals surface area (Å²) in [6.45, 7) is 1.81. The highest BCUT2D eigenvalue weighted by atomic mass is 19.2. The van der Waals surface area contributed by atoms with E-state index in [-0.39, 0.29) is 11.6 Å². The van der Waals surface area contributed by atoms with E-state index >= 15 is 0 Å². The van der Waals surface area contributed by atoms with Crippen LogP contribution in [0.3, 0.4) is 0 Å². The number of carbonyl (C=O) groups is 1. The molecule has 28 heavy (non-hydrogen) atoms. The van der Waals surface area contributed by atoms with E-state index in [1.165, 1.54) is 24.3 Å². The van der Waals surface area contributed by atoms with Crippen LogP contribution in [0.15, 0.2) is 72.9 Å². The zero-order valence-electron chi connectivity index (χ0n) is 15.1. The highest BCUT2D eigenvalue weighted by molar-refractivity contribution is 5.92. The van der Waals surface area contributed by atoms with E-state index in [0.717, 1.165) is 11.6 Å². The normalized spacial score (nSPS) is 12.0. The minimum atomic E-state index is -0.987. The Morgan fingerprint density at radius 3 is 2.71 bits per heavy atom. The molecule has 1 N–H and O–H groups in total. The van der Waals surface area contributed by atoms with Crippen LogP contribution >= 0.6 is 0 Å². The monoisotopic (exact) mass is 380 g/mol. The maximum absolute atomic E-state index is 13.6. The van der Waals surface area contributed by atoms with Crippen LogP contribution < -0.4 is 10.1 Å². The van der Waals surface area contributed by atoms with E-state index in [9.17, 15) is 13.6 Å². The zero-order chi connectivity index (χ0) is 19.9. The maximum Gasteiger partial charge on any atom is 0.244 e. The van der Waals surface area contributed by atoms with Crippen LogP contribution in [0, 0.1) is 11.6 Å². The quantitative estimate of drug-likeness (QED) is 0.610. The lowest BCUT2D eigenvalue weighted by Crippen LogP contribution is -2.24. The van der Waals surface area contributed by atoms with Gasteiger partial charge in [0.15, 0.2) is 11.6 Å². The molecule has 0 aliphatic carbocycles. The minimum Gasteiger partial charge on any atom is -0.439 e. The number of benzene rings is 2. The molecule has 0 fully saturated rings. The second-order valence-corrected chi connectivity index (χ2v) is 6.05. The summed E-state index contributed by atoms with van der Waals surface area (Å²) in [4.78, 5) is 16.2. The summed E-state index contributed by atoms with van der Waals surface area (Å²) in [6.07, 6.45) is 4.04. The molecule has 0 aliphatic heterocycles. The average Bonchev–Trinajstić information content (AvgIpc) is 2.70. The molecule has 1 unspecified atom stereocenters. The number of ether oxygens (including phenoxy) is 1. The molecular formula is C22H18F2N2O2. The molecule has 0 saturated carbocycles. The third-order valence-corrected chi connectivity index (χ3v) is 3.97. The lowest BCUT2D eigenvalue weighted by molar-refractivity contribution is -0.117. The standard InChI is InChI=1S/C22H18F2N2O2/c1-15(26-20(27)12-11-16-6-5-9-19(23)22(16)24)17-7-4-8-18(14-17)28-21-10-2-3-13-25-21/h2-15H,1H3,(H,26,27)/b12-11+. The van der Waals surface area contributed by atoms with Crippen molar-refractivity contribution in [2.75, 3.05) is 0 Å². The number of nitrogens with zero attached hydrogens (tertiary/aromatic N) is 1. The van der Waals surface area contributed by atoms with E-state index < -0.39 is 17.5 Å². The second-order valence-electron chi connectivity index (χ2n) is 6.05. The Bertz CT molecular complexity index is 991. The lowest BCUT2D eigenvalue weighted by atomic mass is 10.1. The summed E-state index contributed by atoms with van der Waals surface area (Å²) in [5.74, 6) is -1.31. The smallest absolute Gasteiger partial charge is 0.244 e. The van der Waals surface area contributed by atoms with Crippen LogP contribution in [-0.4, -0.2) is 10.9 Å². The highest BCUT2D eigenvalue weighted by Crippen LogP contribution is 2.23. The molecular weight excluding hydrogens is 362 g/mol. The van der Waals surface area contributed by atoms with Gasteiger partial charge in [0.05, 0.1) is 6.04 Å². The van der Waals surface area contributed by atoms with Crippen molar-refractivity contribution in [1.82, 2.24) is 10.3 Å². The van der Waals surface area contributed by atoms with Crippen LogP contribution in [0.4, 0.5) is 8.78 Å². The van der Waals surface area contributed by atoms with Crippen molar-refractivity contribution in [3.8, 4) is 11.6 Å². The van der Waals surface area contributed by atoms with Crippen molar-refractivity contribution in [2.45, 2.75) is 13.0 Å². The van der Waals surface area contributed by atoms with Crippen LogP contribution in [0.2, 0.25) is 0 Å². The van der Waals surface area contributed by atoms with Gasteiger partial charge in [0.2, 0.25) is 11.8 Å². The van der Waals surface area contributed by atoms with E-state index in [0.29, 0.717) is 11.6 Å². The molecule has 0 spiro atoms. The van der Waals surface area contributed by atoms with Crippen LogP contribution in [0.1, 0.15) is 24.1 Å². The number of hydrogen-bond acceptors (Lipinski definition) is 3. The van der Waals surface area contributed by atoms with Gasteiger partial charge in [-0.2, -0.15) is 0 Å². The Balaban J connectivity index is 1.64. The van der Waals surface area contributed by atoms with Crippen molar-refractivity contribution < 1.29 is 18.3 Å². The molecule has 0 saturated heterocycles. The maximum atomic E-state index is 13.6. The predicted molar refractivity (Wildman–Crippen MR) is 103 cm³/mol. The van der Waals surface area contributed by atoms with Crippen molar-refractivity contribution in [3.05, 3.63) is 95.7 Å². The minimum absolute atomic E-state index is 0.00793. The van der Waals surface area contributed by atoms with Gasteiger partial charge < -0.3 is 10.1 Å². The summed E-state index contributed by atoms with van der Waals surface area (Å²) in [5.41, 5.74) is 0.834. The molecule has 3 rings (SSSR count). The molecule has 1 aromatic heterocycles. The number of carbonyl (C=O) groups excluding carboxylic acids is 1. The summed E-state index contributed by atoms with van der Waals surface area (Å²) >= 11 is 0. The zero-order valence-corrected chi connectivity index (χ0v) is 15.1. The molecule has 2 aromatic carbocycles. The number of pyridine rings is 1. The van der Waals surface area contributed by atoms with Crippen molar-refractivity contribution in [1.29, 1.82) is 0 Å². The Kier molecular flexibility index (Phi) is 6.11. The van der Waals surface area contributed by atoms with E-state index in [4.69, 9.17) is 4.74 Å². The Morgan fingerprint density at radius 2 is 1.93 bits per heavy atom. The molecule has 0 aliphatic rings.